The number of amides is 2. The van der Waals surface area contributed by atoms with E-state index in [0.29, 0.717) is 48.5 Å². The summed E-state index contributed by atoms with van der Waals surface area (Å²) in [5.41, 5.74) is 2.03. The van der Waals surface area contributed by atoms with Crippen molar-refractivity contribution in [1.29, 1.82) is 0 Å². The molecule has 0 spiro atoms. The van der Waals surface area contributed by atoms with Crippen LogP contribution < -0.4 is 20.5 Å². The number of hydrogen-bond acceptors (Lipinski definition) is 6. The summed E-state index contributed by atoms with van der Waals surface area (Å²) in [6.45, 7) is 6.54. The molecule has 45 heavy (non-hydrogen) atoms. The molecule has 2 N–H and O–H groups in total. The molecular formula is C34H39N5O5S. The second kappa shape index (κ2) is 12.5. The lowest BCUT2D eigenvalue weighted by Gasteiger charge is -2.33. The van der Waals surface area contributed by atoms with E-state index >= 15 is 0 Å². The highest BCUT2D eigenvalue weighted by Gasteiger charge is 2.42. The molecule has 1 aromatic heterocycles. The van der Waals surface area contributed by atoms with Crippen LogP contribution in [0.1, 0.15) is 44.4 Å². The van der Waals surface area contributed by atoms with Gasteiger partial charge in [-0.25, -0.2) is 8.42 Å². The number of sulfonamides is 1. The number of nitrogens with one attached hydrogen (secondary N) is 2. The van der Waals surface area contributed by atoms with Crippen LogP contribution in [0.25, 0.3) is 10.8 Å². The van der Waals surface area contributed by atoms with Crippen LogP contribution in [0.5, 0.6) is 0 Å². The van der Waals surface area contributed by atoms with Crippen LogP contribution in [-0.2, 0) is 32.7 Å². The molecule has 2 amide bonds. The molecule has 11 heteroatoms. The molecule has 0 aliphatic carbocycles. The summed E-state index contributed by atoms with van der Waals surface area (Å²) in [4.78, 5) is 43.2. The van der Waals surface area contributed by atoms with Crippen molar-refractivity contribution in [1.82, 2.24) is 9.47 Å². The van der Waals surface area contributed by atoms with Gasteiger partial charge in [0, 0.05) is 44.3 Å². The third-order valence-electron chi connectivity index (χ3n) is 8.45. The van der Waals surface area contributed by atoms with Crippen molar-refractivity contribution in [3.8, 4) is 0 Å². The summed E-state index contributed by atoms with van der Waals surface area (Å²) in [6.07, 6.45) is 3.61. The van der Waals surface area contributed by atoms with Crippen molar-refractivity contribution in [3.05, 3.63) is 100 Å². The molecule has 1 aliphatic rings. The number of hydrogen-bond donors (Lipinski definition) is 2. The number of carbonyl (C=O) groups is 2. The average Bonchev–Trinajstić information content (AvgIpc) is 3.06. The number of para-hydroxylation sites is 1. The van der Waals surface area contributed by atoms with Gasteiger partial charge in [0.2, 0.25) is 21.8 Å². The molecule has 0 fully saturated rings. The standard InChI is InChI=1S/C34H39N5O5S/c1-6-29(24-15-16-28-30(21-24)37(4)33(42)34(2,3)32(41)35-28)39(22-25-12-8-10-14-27(25)36-45(5,43)44)20-19-38-18-17-23-11-7-9-13-26(23)31(38)40/h7-18,21,29,36H,6,19-20,22H2,1-5H3,(H,35,41). The molecule has 5 rings (SSSR count). The van der Waals surface area contributed by atoms with Crippen LogP contribution in [0.15, 0.2) is 83.8 Å². The van der Waals surface area contributed by atoms with E-state index in [4.69, 9.17) is 0 Å². The van der Waals surface area contributed by atoms with Crippen molar-refractivity contribution < 1.29 is 18.0 Å². The first-order valence-corrected chi connectivity index (χ1v) is 16.8. The number of pyridine rings is 1. The Morgan fingerprint density at radius 3 is 2.42 bits per heavy atom. The van der Waals surface area contributed by atoms with Gasteiger partial charge in [0.1, 0.15) is 5.41 Å². The van der Waals surface area contributed by atoms with Gasteiger partial charge < -0.3 is 14.8 Å². The van der Waals surface area contributed by atoms with E-state index in [-0.39, 0.29) is 23.4 Å². The minimum absolute atomic E-state index is 0.0798. The molecule has 236 valence electrons. The molecule has 0 bridgehead atoms. The quantitative estimate of drug-likeness (QED) is 0.239. The fourth-order valence-corrected chi connectivity index (χ4v) is 6.51. The number of benzene rings is 3. The molecule has 2 heterocycles. The molecule has 1 atom stereocenters. The zero-order valence-electron chi connectivity index (χ0n) is 26.2. The predicted octanol–water partition coefficient (Wildman–Crippen LogP) is 4.97. The maximum atomic E-state index is 13.4. The first kappa shape index (κ1) is 31.9. The number of nitrogens with zero attached hydrogens (tertiary/aromatic N) is 3. The first-order valence-electron chi connectivity index (χ1n) is 14.9. The average molecular weight is 630 g/mol. The van der Waals surface area contributed by atoms with E-state index in [1.807, 2.05) is 60.7 Å². The number of carbonyl (C=O) groups excluding carboxylic acids is 2. The third-order valence-corrected chi connectivity index (χ3v) is 9.04. The van der Waals surface area contributed by atoms with E-state index in [1.165, 1.54) is 4.90 Å². The summed E-state index contributed by atoms with van der Waals surface area (Å²) < 4.78 is 28.7. The maximum Gasteiger partial charge on any atom is 0.258 e. The van der Waals surface area contributed by atoms with Gasteiger partial charge in [-0.15, -0.1) is 0 Å². The minimum Gasteiger partial charge on any atom is -0.323 e. The van der Waals surface area contributed by atoms with Crippen LogP contribution in [0.3, 0.4) is 0 Å². The lowest BCUT2D eigenvalue weighted by Crippen LogP contribution is -2.43. The van der Waals surface area contributed by atoms with Crippen LogP contribution in [0.2, 0.25) is 0 Å². The molecule has 0 radical (unpaired) electrons. The van der Waals surface area contributed by atoms with Crippen LogP contribution in [0.4, 0.5) is 17.1 Å². The second-order valence-corrected chi connectivity index (χ2v) is 13.8. The molecular weight excluding hydrogens is 590 g/mol. The zero-order chi connectivity index (χ0) is 32.5. The van der Waals surface area contributed by atoms with Crippen LogP contribution >= 0.6 is 0 Å². The van der Waals surface area contributed by atoms with Crippen molar-refractivity contribution in [3.63, 3.8) is 0 Å². The SMILES string of the molecule is CCC(c1ccc2c(c1)N(C)C(=O)C(C)(C)C(=O)N2)N(CCn1ccc2ccccc2c1=O)Cc1ccccc1NS(C)(=O)=O. The minimum atomic E-state index is -3.52. The van der Waals surface area contributed by atoms with E-state index in [1.54, 1.807) is 43.8 Å². The van der Waals surface area contributed by atoms with Crippen molar-refractivity contribution in [2.45, 2.75) is 46.3 Å². The Morgan fingerprint density at radius 1 is 0.978 bits per heavy atom. The smallest absolute Gasteiger partial charge is 0.258 e. The summed E-state index contributed by atoms with van der Waals surface area (Å²) >= 11 is 0. The van der Waals surface area contributed by atoms with Crippen molar-refractivity contribution in [2.24, 2.45) is 5.41 Å². The monoisotopic (exact) mass is 629 g/mol. The van der Waals surface area contributed by atoms with Crippen molar-refractivity contribution >= 4 is 49.7 Å². The molecule has 1 aliphatic heterocycles. The Morgan fingerprint density at radius 2 is 1.69 bits per heavy atom. The second-order valence-electron chi connectivity index (χ2n) is 12.0. The Balaban J connectivity index is 1.54. The maximum absolute atomic E-state index is 13.4. The Kier molecular flexibility index (Phi) is 8.86. The largest absolute Gasteiger partial charge is 0.323 e. The summed E-state index contributed by atoms with van der Waals surface area (Å²) in [5, 5.41) is 4.42. The topological polar surface area (TPSA) is 121 Å². The van der Waals surface area contributed by atoms with Crippen LogP contribution in [-0.4, -0.2) is 49.5 Å². The van der Waals surface area contributed by atoms with Gasteiger partial charge in [0.15, 0.2) is 0 Å². The number of rotatable bonds is 10. The third kappa shape index (κ3) is 6.64. The first-order chi connectivity index (χ1) is 21.3. The van der Waals surface area contributed by atoms with Crippen LogP contribution in [0, 0.1) is 5.41 Å². The van der Waals surface area contributed by atoms with E-state index in [2.05, 4.69) is 21.9 Å². The Labute approximate surface area is 263 Å². The number of fused-ring (bicyclic) bond motifs is 2. The van der Waals surface area contributed by atoms with E-state index < -0.39 is 15.4 Å². The summed E-state index contributed by atoms with van der Waals surface area (Å²) in [6, 6.07) is 22.2. The van der Waals surface area contributed by atoms with E-state index in [9.17, 15) is 22.8 Å². The van der Waals surface area contributed by atoms with Gasteiger partial charge in [-0.05, 0) is 67.1 Å². The highest BCUT2D eigenvalue weighted by molar-refractivity contribution is 7.92. The van der Waals surface area contributed by atoms with Crippen molar-refractivity contribution in [2.75, 3.05) is 34.8 Å². The fourth-order valence-electron chi connectivity index (χ4n) is 5.91. The van der Waals surface area contributed by atoms with Gasteiger partial charge in [-0.1, -0.05) is 49.4 Å². The molecule has 4 aromatic rings. The molecule has 0 saturated heterocycles. The van der Waals surface area contributed by atoms with Gasteiger partial charge in [0.05, 0.1) is 23.3 Å². The normalized spacial score (nSPS) is 15.5. The Hall–Kier alpha value is -4.48. The summed E-state index contributed by atoms with van der Waals surface area (Å²) in [7, 11) is -1.85. The van der Waals surface area contributed by atoms with Gasteiger partial charge >= 0.3 is 0 Å². The molecule has 0 saturated carbocycles. The van der Waals surface area contributed by atoms with Gasteiger partial charge in [0.25, 0.3) is 5.56 Å². The fraction of sp³-hybridized carbons (Fsp3) is 0.324. The highest BCUT2D eigenvalue weighted by Crippen LogP contribution is 2.38. The predicted molar refractivity (Wildman–Crippen MR) is 179 cm³/mol. The lowest BCUT2D eigenvalue weighted by atomic mass is 9.91. The number of anilines is 3. The molecule has 3 aromatic carbocycles. The molecule has 10 nitrogen and oxygen atoms in total. The Bertz CT molecular complexity index is 1940. The number of aromatic nitrogens is 1. The van der Waals surface area contributed by atoms with E-state index in [0.717, 1.165) is 22.8 Å². The zero-order valence-corrected chi connectivity index (χ0v) is 27.0. The lowest BCUT2D eigenvalue weighted by molar-refractivity contribution is -0.136. The van der Waals surface area contributed by atoms with Gasteiger partial charge in [-0.3, -0.25) is 24.0 Å². The molecule has 1 unspecified atom stereocenters. The van der Waals surface area contributed by atoms with Gasteiger partial charge in [-0.2, -0.15) is 0 Å². The highest BCUT2D eigenvalue weighted by atomic mass is 32.2. The summed E-state index contributed by atoms with van der Waals surface area (Å²) in [5.74, 6) is -0.674.